The van der Waals surface area contributed by atoms with Crippen molar-refractivity contribution in [3.63, 3.8) is 0 Å². The van der Waals surface area contributed by atoms with Crippen molar-refractivity contribution >= 4 is 28.6 Å². The molecule has 0 saturated heterocycles. The summed E-state index contributed by atoms with van der Waals surface area (Å²) in [5, 5.41) is 9.09. The van der Waals surface area contributed by atoms with Crippen LogP contribution in [-0.2, 0) is 11.2 Å². The predicted molar refractivity (Wildman–Crippen MR) is 125 cm³/mol. The number of rotatable bonds is 5. The number of thiophene rings is 1. The second kappa shape index (κ2) is 8.11. The quantitative estimate of drug-likeness (QED) is 0.471. The van der Waals surface area contributed by atoms with Gasteiger partial charge in [-0.25, -0.2) is 0 Å². The molecule has 3 aromatic rings. The van der Waals surface area contributed by atoms with Crippen LogP contribution in [0.4, 0.5) is 11.4 Å². The van der Waals surface area contributed by atoms with Gasteiger partial charge in [-0.3, -0.25) is 4.79 Å². The van der Waals surface area contributed by atoms with Gasteiger partial charge < -0.3 is 10.6 Å². The molecule has 0 spiro atoms. The lowest BCUT2D eigenvalue weighted by Crippen LogP contribution is -2.29. The lowest BCUT2D eigenvalue weighted by atomic mass is 9.78. The minimum Gasteiger partial charge on any atom is -0.377 e. The van der Waals surface area contributed by atoms with Gasteiger partial charge in [-0.1, -0.05) is 42.5 Å². The number of nitrogens with one attached hydrogen (secondary N) is 2. The summed E-state index contributed by atoms with van der Waals surface area (Å²) < 4.78 is 0. The first-order chi connectivity index (χ1) is 14.7. The summed E-state index contributed by atoms with van der Waals surface area (Å²) in [5.41, 5.74) is 5.92. The Balaban J connectivity index is 1.33. The molecule has 3 unspecified atom stereocenters. The molecule has 4 heteroatoms. The fourth-order valence-corrected chi connectivity index (χ4v) is 5.81. The van der Waals surface area contributed by atoms with Crippen molar-refractivity contribution in [3.05, 3.63) is 93.7 Å². The molecular weight excluding hydrogens is 388 g/mol. The number of hydrogen-bond donors (Lipinski definition) is 2. The fraction of sp³-hybridized carbons (Fsp3) is 0.269. The van der Waals surface area contributed by atoms with Crippen LogP contribution in [0.25, 0.3) is 0 Å². The molecular formula is C26H26N2OS. The molecule has 2 aliphatic rings. The first kappa shape index (κ1) is 19.1. The molecule has 1 aliphatic heterocycles. The average molecular weight is 415 g/mol. The first-order valence-corrected chi connectivity index (χ1v) is 11.5. The second-order valence-electron chi connectivity index (χ2n) is 8.28. The summed E-state index contributed by atoms with van der Waals surface area (Å²) in [4.78, 5) is 13.9. The van der Waals surface area contributed by atoms with Crippen molar-refractivity contribution in [2.75, 3.05) is 10.6 Å². The third-order valence-corrected chi connectivity index (χ3v) is 7.42. The maximum absolute atomic E-state index is 12.5. The maximum atomic E-state index is 12.5. The summed E-state index contributed by atoms with van der Waals surface area (Å²) in [6.45, 7) is 2.20. The van der Waals surface area contributed by atoms with E-state index in [-0.39, 0.29) is 5.91 Å². The number of aryl methyl sites for hydroxylation is 2. The SMILES string of the molecule is Cc1ccsc1C1Nc2ccc(NC(=O)CCc3ccccc3)cc2C2C=CCC21. The van der Waals surface area contributed by atoms with Gasteiger partial charge in [0, 0.05) is 28.6 Å². The Morgan fingerprint density at radius 2 is 2.03 bits per heavy atom. The molecule has 152 valence electrons. The van der Waals surface area contributed by atoms with Crippen molar-refractivity contribution in [1.82, 2.24) is 0 Å². The van der Waals surface area contributed by atoms with Crippen molar-refractivity contribution in [2.24, 2.45) is 5.92 Å². The molecule has 2 N–H and O–H groups in total. The number of hydrogen-bond acceptors (Lipinski definition) is 3. The lowest BCUT2D eigenvalue weighted by molar-refractivity contribution is -0.116. The first-order valence-electron chi connectivity index (χ1n) is 10.6. The van der Waals surface area contributed by atoms with Crippen LogP contribution in [0.3, 0.4) is 0 Å². The zero-order valence-corrected chi connectivity index (χ0v) is 17.9. The van der Waals surface area contributed by atoms with Crippen LogP contribution in [0.1, 0.15) is 46.4 Å². The van der Waals surface area contributed by atoms with Crippen LogP contribution in [0.5, 0.6) is 0 Å². The number of allylic oxidation sites excluding steroid dienone is 2. The summed E-state index contributed by atoms with van der Waals surface area (Å²) in [6.07, 6.45) is 7.00. The molecule has 30 heavy (non-hydrogen) atoms. The van der Waals surface area contributed by atoms with Gasteiger partial charge in [0.15, 0.2) is 0 Å². The van der Waals surface area contributed by atoms with E-state index < -0.39 is 0 Å². The van der Waals surface area contributed by atoms with E-state index in [0.29, 0.717) is 24.3 Å². The van der Waals surface area contributed by atoms with Crippen LogP contribution in [0.2, 0.25) is 0 Å². The minimum atomic E-state index is 0.0631. The summed E-state index contributed by atoms with van der Waals surface area (Å²) in [6, 6.07) is 19.0. The second-order valence-corrected chi connectivity index (χ2v) is 9.23. The van der Waals surface area contributed by atoms with Gasteiger partial charge in [0.25, 0.3) is 0 Å². The number of fused-ring (bicyclic) bond motifs is 3. The third kappa shape index (κ3) is 3.68. The van der Waals surface area contributed by atoms with Gasteiger partial charge in [-0.15, -0.1) is 11.3 Å². The summed E-state index contributed by atoms with van der Waals surface area (Å²) >= 11 is 1.85. The largest absolute Gasteiger partial charge is 0.377 e. The minimum absolute atomic E-state index is 0.0631. The predicted octanol–water partition coefficient (Wildman–Crippen LogP) is 6.45. The number of amides is 1. The van der Waals surface area contributed by atoms with Crippen LogP contribution in [0, 0.1) is 12.8 Å². The molecule has 0 radical (unpaired) electrons. The Hall–Kier alpha value is -2.85. The number of carbonyl (C=O) groups excluding carboxylic acids is 1. The molecule has 3 nitrogen and oxygen atoms in total. The average Bonchev–Trinajstić information content (AvgIpc) is 3.42. The topological polar surface area (TPSA) is 41.1 Å². The zero-order chi connectivity index (χ0) is 20.5. The van der Waals surface area contributed by atoms with Crippen molar-refractivity contribution in [2.45, 2.75) is 38.1 Å². The van der Waals surface area contributed by atoms with E-state index in [2.05, 4.69) is 65.4 Å². The van der Waals surface area contributed by atoms with E-state index in [0.717, 1.165) is 18.5 Å². The van der Waals surface area contributed by atoms with Crippen molar-refractivity contribution < 1.29 is 4.79 Å². The van der Waals surface area contributed by atoms with Gasteiger partial charge in [0.2, 0.25) is 5.91 Å². The van der Waals surface area contributed by atoms with Gasteiger partial charge in [0.1, 0.15) is 0 Å². The maximum Gasteiger partial charge on any atom is 0.224 e. The number of carbonyl (C=O) groups is 1. The molecule has 2 aromatic carbocycles. The van der Waals surface area contributed by atoms with E-state index >= 15 is 0 Å². The fourth-order valence-electron chi connectivity index (χ4n) is 4.76. The van der Waals surface area contributed by atoms with Crippen molar-refractivity contribution in [1.29, 1.82) is 0 Å². The molecule has 0 saturated carbocycles. The number of anilines is 2. The highest BCUT2D eigenvalue weighted by Crippen LogP contribution is 2.51. The zero-order valence-electron chi connectivity index (χ0n) is 17.1. The smallest absolute Gasteiger partial charge is 0.224 e. The van der Waals surface area contributed by atoms with Gasteiger partial charge >= 0.3 is 0 Å². The highest BCUT2D eigenvalue weighted by molar-refractivity contribution is 7.10. The van der Waals surface area contributed by atoms with Gasteiger partial charge in [-0.05, 0) is 72.0 Å². The van der Waals surface area contributed by atoms with Crippen LogP contribution < -0.4 is 10.6 Å². The Morgan fingerprint density at radius 3 is 2.83 bits per heavy atom. The molecule has 0 fully saturated rings. The Bertz CT molecular complexity index is 1090. The summed E-state index contributed by atoms with van der Waals surface area (Å²) in [5.74, 6) is 0.987. The van der Waals surface area contributed by atoms with E-state index in [4.69, 9.17) is 0 Å². The standard InChI is InChI=1S/C26H26N2OS/c1-17-14-15-30-26(17)25-21-9-5-8-20(21)22-16-19(11-12-23(22)28-25)27-24(29)13-10-18-6-3-2-4-7-18/h2-8,11-12,14-16,20-21,25,28H,9-10,13H2,1H3,(H,27,29). The van der Waals surface area contributed by atoms with Crippen LogP contribution in [-0.4, -0.2) is 5.91 Å². The monoisotopic (exact) mass is 414 g/mol. The van der Waals surface area contributed by atoms with Crippen LogP contribution >= 0.6 is 11.3 Å². The van der Waals surface area contributed by atoms with E-state index in [1.54, 1.807) is 0 Å². The molecule has 0 bridgehead atoms. The van der Waals surface area contributed by atoms with E-state index in [1.165, 1.54) is 27.3 Å². The molecule has 3 atom stereocenters. The van der Waals surface area contributed by atoms with E-state index in [1.807, 2.05) is 35.6 Å². The molecule has 1 aliphatic carbocycles. The molecule has 5 rings (SSSR count). The van der Waals surface area contributed by atoms with Gasteiger partial charge in [0.05, 0.1) is 6.04 Å². The Kier molecular flexibility index (Phi) is 5.17. The summed E-state index contributed by atoms with van der Waals surface area (Å²) in [7, 11) is 0. The normalized spacial score (nSPS) is 21.6. The molecule has 1 amide bonds. The Morgan fingerprint density at radius 1 is 1.17 bits per heavy atom. The third-order valence-electron chi connectivity index (χ3n) is 6.31. The Labute approximate surface area is 181 Å². The molecule has 1 aromatic heterocycles. The number of benzene rings is 2. The highest BCUT2D eigenvalue weighted by Gasteiger charge is 2.38. The molecule has 2 heterocycles. The van der Waals surface area contributed by atoms with Crippen LogP contribution in [0.15, 0.2) is 72.1 Å². The van der Waals surface area contributed by atoms with Crippen molar-refractivity contribution in [3.8, 4) is 0 Å². The van der Waals surface area contributed by atoms with Gasteiger partial charge in [-0.2, -0.15) is 0 Å². The lowest BCUT2D eigenvalue weighted by Gasteiger charge is -2.37. The van der Waals surface area contributed by atoms with E-state index in [9.17, 15) is 4.79 Å². The highest BCUT2D eigenvalue weighted by atomic mass is 32.1.